The monoisotopic (exact) mass is 267 g/mol. The summed E-state index contributed by atoms with van der Waals surface area (Å²) >= 11 is 0. The van der Waals surface area contributed by atoms with E-state index < -0.39 is 0 Å². The predicted octanol–water partition coefficient (Wildman–Crippen LogP) is 3.36. The van der Waals surface area contributed by atoms with Gasteiger partial charge in [-0.05, 0) is 11.5 Å². The van der Waals surface area contributed by atoms with Gasteiger partial charge in [-0.2, -0.15) is 0 Å². The summed E-state index contributed by atoms with van der Waals surface area (Å²) in [7, 11) is 3.87. The summed E-state index contributed by atoms with van der Waals surface area (Å²) in [6, 6.07) is 12.6. The highest BCUT2D eigenvalue weighted by atomic mass is 16.6. The van der Waals surface area contributed by atoms with Crippen LogP contribution in [0.4, 0.5) is 11.5 Å². The Morgan fingerprint density at radius 1 is 1.05 bits per heavy atom. The Labute approximate surface area is 115 Å². The predicted molar refractivity (Wildman–Crippen MR) is 80.2 cm³/mol. The third-order valence-electron chi connectivity index (χ3n) is 3.30. The van der Waals surface area contributed by atoms with Crippen LogP contribution in [0.25, 0.3) is 21.7 Å². The minimum atomic E-state index is -0.381. The van der Waals surface area contributed by atoms with E-state index in [4.69, 9.17) is 0 Å². The zero-order chi connectivity index (χ0) is 14.3. The zero-order valence-electron chi connectivity index (χ0n) is 11.2. The number of pyridine rings is 1. The molecule has 0 N–H and O–H groups in total. The van der Waals surface area contributed by atoms with E-state index in [0.29, 0.717) is 0 Å². The molecule has 0 radical (unpaired) electrons. The molecule has 0 amide bonds. The summed E-state index contributed by atoms with van der Waals surface area (Å²) < 4.78 is 0. The number of non-ortho nitro benzene ring substituents is 1. The molecule has 0 aliphatic rings. The molecular weight excluding hydrogens is 254 g/mol. The van der Waals surface area contributed by atoms with E-state index in [1.165, 1.54) is 6.07 Å². The first kappa shape index (κ1) is 12.3. The molecule has 20 heavy (non-hydrogen) atoms. The number of nitro benzene ring substituents is 1. The summed E-state index contributed by atoms with van der Waals surface area (Å²) in [6.45, 7) is 0. The number of benzene rings is 2. The quantitative estimate of drug-likeness (QED) is 0.406. The van der Waals surface area contributed by atoms with E-state index in [1.807, 2.05) is 43.3 Å². The SMILES string of the molecule is CN(C)c1nc2ccc([N+](=O)[O-])cc2c2ccccc12. The average molecular weight is 267 g/mol. The number of fused-ring (bicyclic) bond motifs is 3. The Kier molecular flexibility index (Phi) is 2.75. The molecule has 0 saturated carbocycles. The fourth-order valence-corrected chi connectivity index (χ4v) is 2.38. The van der Waals surface area contributed by atoms with Gasteiger partial charge in [-0.1, -0.05) is 24.3 Å². The molecule has 3 aromatic rings. The molecule has 0 unspecified atom stereocenters. The molecule has 100 valence electrons. The van der Waals surface area contributed by atoms with Crippen LogP contribution < -0.4 is 4.90 Å². The number of hydrogen-bond acceptors (Lipinski definition) is 4. The third kappa shape index (κ3) is 1.84. The van der Waals surface area contributed by atoms with E-state index in [-0.39, 0.29) is 10.6 Å². The van der Waals surface area contributed by atoms with Crippen LogP contribution >= 0.6 is 0 Å². The fraction of sp³-hybridized carbons (Fsp3) is 0.133. The van der Waals surface area contributed by atoms with Crippen LogP contribution in [0.15, 0.2) is 42.5 Å². The highest BCUT2D eigenvalue weighted by Gasteiger charge is 2.13. The largest absolute Gasteiger partial charge is 0.362 e. The molecule has 1 aromatic heterocycles. The van der Waals surface area contributed by atoms with Gasteiger partial charge in [0.2, 0.25) is 0 Å². The van der Waals surface area contributed by atoms with Gasteiger partial charge in [0, 0.05) is 37.0 Å². The summed E-state index contributed by atoms with van der Waals surface area (Å²) in [5.41, 5.74) is 0.847. The number of nitro groups is 1. The zero-order valence-corrected chi connectivity index (χ0v) is 11.2. The summed E-state index contributed by atoms with van der Waals surface area (Å²) in [5.74, 6) is 0.863. The van der Waals surface area contributed by atoms with Crippen molar-refractivity contribution < 1.29 is 4.92 Å². The number of aromatic nitrogens is 1. The van der Waals surface area contributed by atoms with Crippen molar-refractivity contribution in [3.8, 4) is 0 Å². The molecule has 0 aliphatic carbocycles. The van der Waals surface area contributed by atoms with Gasteiger partial charge in [0.05, 0.1) is 10.4 Å². The molecule has 3 rings (SSSR count). The molecule has 0 bridgehead atoms. The molecule has 0 fully saturated rings. The Morgan fingerprint density at radius 3 is 2.40 bits per heavy atom. The van der Waals surface area contributed by atoms with Crippen LogP contribution in [-0.2, 0) is 0 Å². The Balaban J connectivity index is 2.47. The van der Waals surface area contributed by atoms with Crippen LogP contribution in [0.1, 0.15) is 0 Å². The van der Waals surface area contributed by atoms with Gasteiger partial charge in [0.1, 0.15) is 5.82 Å². The minimum Gasteiger partial charge on any atom is -0.362 e. The van der Waals surface area contributed by atoms with Gasteiger partial charge in [-0.15, -0.1) is 0 Å². The Morgan fingerprint density at radius 2 is 1.75 bits per heavy atom. The lowest BCUT2D eigenvalue weighted by Gasteiger charge is -2.15. The van der Waals surface area contributed by atoms with Crippen molar-refractivity contribution in [2.24, 2.45) is 0 Å². The lowest BCUT2D eigenvalue weighted by atomic mass is 10.1. The summed E-state index contributed by atoms with van der Waals surface area (Å²) in [4.78, 5) is 17.1. The van der Waals surface area contributed by atoms with Gasteiger partial charge in [-0.3, -0.25) is 10.1 Å². The van der Waals surface area contributed by atoms with Crippen LogP contribution in [0.5, 0.6) is 0 Å². The first-order chi connectivity index (χ1) is 9.58. The van der Waals surface area contributed by atoms with Crippen LogP contribution in [0.2, 0.25) is 0 Å². The second kappa shape index (κ2) is 4.45. The molecule has 0 aliphatic heterocycles. The number of rotatable bonds is 2. The lowest BCUT2D eigenvalue weighted by Crippen LogP contribution is -2.11. The standard InChI is InChI=1S/C15H13N3O2/c1-17(2)15-12-6-4-3-5-11(12)13-9-10(18(19)20)7-8-14(13)16-15/h3-9H,1-2H3. The van der Waals surface area contributed by atoms with Crippen molar-refractivity contribution in [1.29, 1.82) is 0 Å². The summed E-state index contributed by atoms with van der Waals surface area (Å²) in [5, 5.41) is 13.7. The van der Waals surface area contributed by atoms with Crippen LogP contribution in [-0.4, -0.2) is 24.0 Å². The summed E-state index contributed by atoms with van der Waals surface area (Å²) in [6.07, 6.45) is 0. The first-order valence-electron chi connectivity index (χ1n) is 6.22. The van der Waals surface area contributed by atoms with Crippen LogP contribution in [0.3, 0.4) is 0 Å². The van der Waals surface area contributed by atoms with E-state index in [9.17, 15) is 10.1 Å². The maximum atomic E-state index is 10.9. The second-order valence-corrected chi connectivity index (χ2v) is 4.83. The molecule has 0 spiro atoms. The van der Waals surface area contributed by atoms with Gasteiger partial charge >= 0.3 is 0 Å². The van der Waals surface area contributed by atoms with E-state index >= 15 is 0 Å². The van der Waals surface area contributed by atoms with Gasteiger partial charge in [0.15, 0.2) is 0 Å². The number of hydrogen-bond donors (Lipinski definition) is 0. The van der Waals surface area contributed by atoms with Crippen LogP contribution in [0, 0.1) is 10.1 Å². The normalized spacial score (nSPS) is 10.9. The molecule has 1 heterocycles. The average Bonchev–Trinajstić information content (AvgIpc) is 2.45. The Bertz CT molecular complexity index is 828. The second-order valence-electron chi connectivity index (χ2n) is 4.83. The van der Waals surface area contributed by atoms with Crippen molar-refractivity contribution in [2.75, 3.05) is 19.0 Å². The van der Waals surface area contributed by atoms with Crippen molar-refractivity contribution >= 4 is 33.2 Å². The third-order valence-corrected chi connectivity index (χ3v) is 3.30. The lowest BCUT2D eigenvalue weighted by molar-refractivity contribution is -0.384. The molecule has 0 saturated heterocycles. The maximum Gasteiger partial charge on any atom is 0.270 e. The van der Waals surface area contributed by atoms with Crippen molar-refractivity contribution in [1.82, 2.24) is 4.98 Å². The molecular formula is C15H13N3O2. The smallest absolute Gasteiger partial charge is 0.270 e. The van der Waals surface area contributed by atoms with E-state index in [2.05, 4.69) is 4.98 Å². The highest BCUT2D eigenvalue weighted by molar-refractivity contribution is 6.10. The van der Waals surface area contributed by atoms with E-state index in [1.54, 1.807) is 12.1 Å². The topological polar surface area (TPSA) is 59.3 Å². The Hall–Kier alpha value is -2.69. The molecule has 0 atom stereocenters. The van der Waals surface area contributed by atoms with E-state index in [0.717, 1.165) is 27.5 Å². The molecule has 5 heteroatoms. The highest BCUT2D eigenvalue weighted by Crippen LogP contribution is 2.32. The number of anilines is 1. The van der Waals surface area contributed by atoms with Crippen molar-refractivity contribution in [2.45, 2.75) is 0 Å². The number of nitrogens with zero attached hydrogens (tertiary/aromatic N) is 3. The first-order valence-corrected chi connectivity index (χ1v) is 6.22. The maximum absolute atomic E-state index is 10.9. The molecule has 5 nitrogen and oxygen atoms in total. The fourth-order valence-electron chi connectivity index (χ4n) is 2.38. The molecule has 2 aromatic carbocycles. The van der Waals surface area contributed by atoms with Crippen molar-refractivity contribution in [3.05, 3.63) is 52.6 Å². The van der Waals surface area contributed by atoms with Crippen molar-refractivity contribution in [3.63, 3.8) is 0 Å². The minimum absolute atomic E-state index is 0.0852. The van der Waals surface area contributed by atoms with Gasteiger partial charge in [-0.25, -0.2) is 4.98 Å². The van der Waals surface area contributed by atoms with Gasteiger partial charge < -0.3 is 4.90 Å². The van der Waals surface area contributed by atoms with Gasteiger partial charge in [0.25, 0.3) is 5.69 Å².